The number of carbonyl (C=O) groups is 2. The summed E-state index contributed by atoms with van der Waals surface area (Å²) in [5.74, 6) is -2.41. The summed E-state index contributed by atoms with van der Waals surface area (Å²) in [6.07, 6.45) is 4.06. The van der Waals surface area contributed by atoms with Crippen molar-refractivity contribution in [1.29, 1.82) is 0 Å². The van der Waals surface area contributed by atoms with Crippen molar-refractivity contribution in [1.82, 2.24) is 10.3 Å². The minimum Gasteiger partial charge on any atom is -0.481 e. The molecule has 0 aliphatic heterocycles. The van der Waals surface area contributed by atoms with E-state index in [9.17, 15) is 14.0 Å². The number of nitrogens with zero attached hydrogens (tertiary/aromatic N) is 1. The summed E-state index contributed by atoms with van der Waals surface area (Å²) < 4.78 is 13.4. The van der Waals surface area contributed by atoms with Gasteiger partial charge in [0.2, 0.25) is 5.95 Å². The van der Waals surface area contributed by atoms with Crippen molar-refractivity contribution in [3.8, 4) is 0 Å². The summed E-state index contributed by atoms with van der Waals surface area (Å²) in [5.41, 5.74) is -0.912. The molecule has 1 aromatic heterocycles. The van der Waals surface area contributed by atoms with Crippen LogP contribution in [0.25, 0.3) is 0 Å². The number of hydrogen-bond donors (Lipinski definition) is 2. The maximum absolute atomic E-state index is 13.4. The second-order valence-electron chi connectivity index (χ2n) is 4.85. The minimum absolute atomic E-state index is 0.138. The van der Waals surface area contributed by atoms with E-state index in [0.717, 1.165) is 12.8 Å². The zero-order valence-electron chi connectivity index (χ0n) is 10.4. The van der Waals surface area contributed by atoms with Gasteiger partial charge in [-0.25, -0.2) is 4.98 Å². The molecule has 2 N–H and O–H groups in total. The third kappa shape index (κ3) is 3.07. The molecular formula is C13H15FN2O3. The predicted molar refractivity (Wildman–Crippen MR) is 65.1 cm³/mol. The van der Waals surface area contributed by atoms with Gasteiger partial charge in [-0.3, -0.25) is 9.59 Å². The fraction of sp³-hybridized carbons (Fsp3) is 0.462. The van der Waals surface area contributed by atoms with Gasteiger partial charge >= 0.3 is 5.97 Å². The number of rotatable bonds is 4. The molecule has 0 bridgehead atoms. The van der Waals surface area contributed by atoms with Crippen molar-refractivity contribution in [2.75, 3.05) is 0 Å². The summed E-state index contributed by atoms with van der Waals surface area (Å²) >= 11 is 0. The van der Waals surface area contributed by atoms with Crippen LogP contribution in [0.15, 0.2) is 18.3 Å². The molecule has 1 aliphatic rings. The lowest BCUT2D eigenvalue weighted by molar-refractivity contribution is -0.138. The molecule has 1 saturated carbocycles. The Morgan fingerprint density at radius 2 is 2.11 bits per heavy atom. The molecule has 5 nitrogen and oxygen atoms in total. The maximum Gasteiger partial charge on any atom is 0.305 e. The molecule has 1 heterocycles. The van der Waals surface area contributed by atoms with Crippen LogP contribution in [0, 0.1) is 5.95 Å². The zero-order valence-corrected chi connectivity index (χ0v) is 10.4. The zero-order chi connectivity index (χ0) is 13.9. The summed E-state index contributed by atoms with van der Waals surface area (Å²) in [5, 5.41) is 11.6. The third-order valence-electron chi connectivity index (χ3n) is 3.43. The van der Waals surface area contributed by atoms with Gasteiger partial charge in [0.1, 0.15) is 0 Å². The number of carbonyl (C=O) groups excluding carboxylic acids is 1. The van der Waals surface area contributed by atoms with Crippen LogP contribution in [0.1, 0.15) is 42.5 Å². The van der Waals surface area contributed by atoms with E-state index in [1.165, 1.54) is 18.3 Å². The van der Waals surface area contributed by atoms with Gasteiger partial charge in [-0.05, 0) is 25.0 Å². The largest absolute Gasteiger partial charge is 0.481 e. The van der Waals surface area contributed by atoms with Crippen molar-refractivity contribution in [3.05, 3.63) is 29.8 Å². The van der Waals surface area contributed by atoms with Crippen LogP contribution >= 0.6 is 0 Å². The van der Waals surface area contributed by atoms with Crippen molar-refractivity contribution in [2.45, 2.75) is 37.6 Å². The first-order valence-corrected chi connectivity index (χ1v) is 6.17. The highest BCUT2D eigenvalue weighted by atomic mass is 19.1. The smallest absolute Gasteiger partial charge is 0.305 e. The molecule has 2 rings (SSSR count). The van der Waals surface area contributed by atoms with Gasteiger partial charge in [0.05, 0.1) is 17.5 Å². The van der Waals surface area contributed by atoms with Crippen molar-refractivity contribution in [3.63, 3.8) is 0 Å². The summed E-state index contributed by atoms with van der Waals surface area (Å²) in [7, 11) is 0. The first kappa shape index (κ1) is 13.5. The number of amides is 1. The van der Waals surface area contributed by atoms with Crippen LogP contribution < -0.4 is 5.32 Å². The highest BCUT2D eigenvalue weighted by Gasteiger charge is 2.38. The number of halogens is 1. The Balaban J connectivity index is 2.16. The Kier molecular flexibility index (Phi) is 3.78. The van der Waals surface area contributed by atoms with Gasteiger partial charge in [-0.1, -0.05) is 12.8 Å². The molecule has 0 saturated heterocycles. The maximum atomic E-state index is 13.4. The van der Waals surface area contributed by atoms with E-state index in [-0.39, 0.29) is 12.0 Å². The standard InChI is InChI=1S/C13H15FN2O3/c14-11-9(4-3-7-15-11)12(19)16-13(8-10(17)18)5-1-2-6-13/h3-4,7H,1-2,5-6,8H2,(H,16,19)(H,17,18). The van der Waals surface area contributed by atoms with E-state index in [1.54, 1.807) is 0 Å². The van der Waals surface area contributed by atoms with Gasteiger partial charge in [0, 0.05) is 6.20 Å². The van der Waals surface area contributed by atoms with E-state index in [4.69, 9.17) is 5.11 Å². The SMILES string of the molecule is O=C(O)CC1(NC(=O)c2cccnc2F)CCCC1. The molecule has 6 heteroatoms. The van der Waals surface area contributed by atoms with Gasteiger partial charge in [0.15, 0.2) is 0 Å². The van der Waals surface area contributed by atoms with Crippen LogP contribution in [0.5, 0.6) is 0 Å². The van der Waals surface area contributed by atoms with E-state index < -0.39 is 23.4 Å². The van der Waals surface area contributed by atoms with Crippen LogP contribution in [0.4, 0.5) is 4.39 Å². The molecule has 0 radical (unpaired) electrons. The molecule has 1 aromatic rings. The average molecular weight is 266 g/mol. The molecule has 0 atom stereocenters. The van der Waals surface area contributed by atoms with E-state index in [0.29, 0.717) is 12.8 Å². The van der Waals surface area contributed by atoms with Gasteiger partial charge in [0.25, 0.3) is 5.91 Å². The number of pyridine rings is 1. The Bertz CT molecular complexity index is 498. The molecule has 19 heavy (non-hydrogen) atoms. The first-order valence-electron chi connectivity index (χ1n) is 6.17. The second kappa shape index (κ2) is 5.34. The highest BCUT2D eigenvalue weighted by Crippen LogP contribution is 2.33. The van der Waals surface area contributed by atoms with Crippen LogP contribution in [0.2, 0.25) is 0 Å². The molecular weight excluding hydrogens is 251 g/mol. The van der Waals surface area contributed by atoms with E-state index >= 15 is 0 Å². The number of carboxylic acids is 1. The van der Waals surface area contributed by atoms with Crippen molar-refractivity contribution >= 4 is 11.9 Å². The summed E-state index contributed by atoms with van der Waals surface area (Å²) in [6, 6.07) is 2.80. The first-order chi connectivity index (χ1) is 9.02. The summed E-state index contributed by atoms with van der Waals surface area (Å²) in [4.78, 5) is 26.3. The van der Waals surface area contributed by atoms with Gasteiger partial charge < -0.3 is 10.4 Å². The lowest BCUT2D eigenvalue weighted by Gasteiger charge is -2.28. The second-order valence-corrected chi connectivity index (χ2v) is 4.85. The molecule has 102 valence electrons. The highest BCUT2D eigenvalue weighted by molar-refractivity contribution is 5.95. The van der Waals surface area contributed by atoms with Gasteiger partial charge in [-0.15, -0.1) is 0 Å². The Morgan fingerprint density at radius 1 is 1.42 bits per heavy atom. The van der Waals surface area contributed by atoms with Gasteiger partial charge in [-0.2, -0.15) is 4.39 Å². The topological polar surface area (TPSA) is 79.3 Å². The number of carboxylic acid groups (broad SMARTS) is 1. The van der Waals surface area contributed by atoms with Crippen LogP contribution in [-0.2, 0) is 4.79 Å². The average Bonchev–Trinajstić information content (AvgIpc) is 2.76. The Morgan fingerprint density at radius 3 is 2.68 bits per heavy atom. The lowest BCUT2D eigenvalue weighted by atomic mass is 9.93. The molecule has 0 spiro atoms. The van der Waals surface area contributed by atoms with E-state index in [1.807, 2.05) is 0 Å². The fourth-order valence-corrected chi connectivity index (χ4v) is 2.55. The number of aliphatic carboxylic acids is 1. The van der Waals surface area contributed by atoms with Crippen molar-refractivity contribution < 1.29 is 19.1 Å². The lowest BCUT2D eigenvalue weighted by Crippen LogP contribution is -2.48. The predicted octanol–water partition coefficient (Wildman–Crippen LogP) is 1.74. The monoisotopic (exact) mass is 266 g/mol. The summed E-state index contributed by atoms with van der Waals surface area (Å²) in [6.45, 7) is 0. The van der Waals surface area contributed by atoms with Crippen molar-refractivity contribution in [2.24, 2.45) is 0 Å². The number of aromatic nitrogens is 1. The number of hydrogen-bond acceptors (Lipinski definition) is 3. The fourth-order valence-electron chi connectivity index (χ4n) is 2.55. The third-order valence-corrected chi connectivity index (χ3v) is 3.43. The molecule has 1 fully saturated rings. The van der Waals surface area contributed by atoms with E-state index in [2.05, 4.69) is 10.3 Å². The molecule has 1 aliphatic carbocycles. The molecule has 0 aromatic carbocycles. The molecule has 0 unspecified atom stereocenters. The Hall–Kier alpha value is -1.98. The molecule has 1 amide bonds. The van der Waals surface area contributed by atoms with Crippen LogP contribution in [-0.4, -0.2) is 27.5 Å². The quantitative estimate of drug-likeness (QED) is 0.813. The van der Waals surface area contributed by atoms with Crippen LogP contribution in [0.3, 0.4) is 0 Å². The number of nitrogens with one attached hydrogen (secondary N) is 1. The normalized spacial score (nSPS) is 17.1. The Labute approximate surface area is 109 Å². The minimum atomic E-state index is -0.964.